The second kappa shape index (κ2) is 9.04. The molecule has 0 spiro atoms. The second-order valence-corrected chi connectivity index (χ2v) is 6.28. The van der Waals surface area contributed by atoms with Gasteiger partial charge in [0.05, 0.1) is 18.0 Å². The lowest BCUT2D eigenvalue weighted by atomic mass is 10.0. The minimum atomic E-state index is 0. The van der Waals surface area contributed by atoms with Crippen LogP contribution in [0.15, 0.2) is 58.3 Å². The van der Waals surface area contributed by atoms with Gasteiger partial charge in [0.1, 0.15) is 12.3 Å². The van der Waals surface area contributed by atoms with E-state index in [4.69, 9.17) is 9.15 Å². The van der Waals surface area contributed by atoms with Crippen LogP contribution in [-0.2, 0) is 13.0 Å². The Balaban J connectivity index is 0.00000210. The van der Waals surface area contributed by atoms with Crippen LogP contribution in [0.25, 0.3) is 22.8 Å². The third-order valence-corrected chi connectivity index (χ3v) is 4.51. The van der Waals surface area contributed by atoms with Gasteiger partial charge in [0.2, 0.25) is 5.89 Å². The summed E-state index contributed by atoms with van der Waals surface area (Å²) in [7, 11) is 0. The SMILES string of the molecule is S=C=NCC[n+]1ccc(-c2cnc(-c3ccc4c(c3)OCCC4)o2)cc1.[Br-]. The molecule has 27 heavy (non-hydrogen) atoms. The van der Waals surface area contributed by atoms with Crippen LogP contribution in [0.5, 0.6) is 5.75 Å². The molecule has 0 N–H and O–H groups in total. The number of benzene rings is 1. The number of pyridine rings is 1. The van der Waals surface area contributed by atoms with E-state index in [-0.39, 0.29) is 17.0 Å². The lowest BCUT2D eigenvalue weighted by Gasteiger charge is -2.17. The Morgan fingerprint density at radius 1 is 1.19 bits per heavy atom. The number of aryl methyl sites for hydroxylation is 1. The third-order valence-electron chi connectivity index (χ3n) is 4.38. The van der Waals surface area contributed by atoms with Crippen molar-refractivity contribution in [2.24, 2.45) is 4.99 Å². The molecule has 4 rings (SSSR count). The first kappa shape index (κ1) is 19.4. The summed E-state index contributed by atoms with van der Waals surface area (Å²) in [6.07, 6.45) is 7.87. The van der Waals surface area contributed by atoms with Crippen molar-refractivity contribution < 1.29 is 30.7 Å². The zero-order valence-electron chi connectivity index (χ0n) is 14.6. The molecule has 0 fully saturated rings. The van der Waals surface area contributed by atoms with Gasteiger partial charge in [0, 0.05) is 23.3 Å². The summed E-state index contributed by atoms with van der Waals surface area (Å²) in [6.45, 7) is 2.16. The predicted octanol–water partition coefficient (Wildman–Crippen LogP) is 0.728. The summed E-state index contributed by atoms with van der Waals surface area (Å²) in [5.74, 6) is 2.28. The molecule has 138 valence electrons. The van der Waals surface area contributed by atoms with Gasteiger partial charge in [-0.3, -0.25) is 0 Å². The average Bonchev–Trinajstić information content (AvgIpc) is 3.19. The number of hydrogen-bond donors (Lipinski definition) is 0. The lowest BCUT2D eigenvalue weighted by Crippen LogP contribution is -3.00. The quantitative estimate of drug-likeness (QED) is 0.331. The number of nitrogens with zero attached hydrogens (tertiary/aromatic N) is 3. The maximum absolute atomic E-state index is 5.97. The number of fused-ring (bicyclic) bond motifs is 1. The lowest BCUT2D eigenvalue weighted by molar-refractivity contribution is -0.694. The fraction of sp³-hybridized carbons (Fsp3) is 0.250. The number of isothiocyanates is 1. The summed E-state index contributed by atoms with van der Waals surface area (Å²) in [5, 5.41) is 2.38. The zero-order chi connectivity index (χ0) is 17.8. The summed E-state index contributed by atoms with van der Waals surface area (Å²) in [5.41, 5.74) is 3.16. The van der Waals surface area contributed by atoms with E-state index < -0.39 is 0 Å². The average molecular weight is 444 g/mol. The van der Waals surface area contributed by atoms with E-state index in [1.54, 1.807) is 6.20 Å². The molecular formula is C20H18BrN3O2S. The molecule has 0 radical (unpaired) electrons. The third kappa shape index (κ3) is 4.50. The van der Waals surface area contributed by atoms with Crippen molar-refractivity contribution in [2.75, 3.05) is 13.2 Å². The molecule has 1 aliphatic heterocycles. The van der Waals surface area contributed by atoms with Gasteiger partial charge in [-0.2, -0.15) is 0 Å². The van der Waals surface area contributed by atoms with Crippen LogP contribution in [0, 0.1) is 0 Å². The normalized spacial score (nSPS) is 12.3. The van der Waals surface area contributed by atoms with E-state index in [1.165, 1.54) is 5.56 Å². The molecule has 3 aromatic rings. The van der Waals surface area contributed by atoms with Crippen molar-refractivity contribution in [3.05, 3.63) is 54.5 Å². The summed E-state index contributed by atoms with van der Waals surface area (Å²) in [6, 6.07) is 10.2. The topological polar surface area (TPSA) is 51.5 Å². The maximum atomic E-state index is 5.97. The van der Waals surface area contributed by atoms with Gasteiger partial charge in [-0.15, -0.1) is 0 Å². The van der Waals surface area contributed by atoms with E-state index in [1.807, 2.05) is 41.2 Å². The Morgan fingerprint density at radius 3 is 2.85 bits per heavy atom. The highest BCUT2D eigenvalue weighted by atomic mass is 79.9. The van der Waals surface area contributed by atoms with E-state index in [9.17, 15) is 0 Å². The number of ether oxygens (including phenoxy) is 1. The number of hydrogen-bond acceptors (Lipinski definition) is 5. The highest BCUT2D eigenvalue weighted by molar-refractivity contribution is 7.78. The highest BCUT2D eigenvalue weighted by Gasteiger charge is 2.15. The van der Waals surface area contributed by atoms with Crippen LogP contribution in [0.2, 0.25) is 0 Å². The minimum Gasteiger partial charge on any atom is -1.00 e. The first-order valence-corrected chi connectivity index (χ1v) is 8.99. The largest absolute Gasteiger partial charge is 1.00 e. The highest BCUT2D eigenvalue weighted by Crippen LogP contribution is 2.31. The monoisotopic (exact) mass is 443 g/mol. The molecule has 1 aromatic carbocycles. The van der Waals surface area contributed by atoms with Crippen molar-refractivity contribution in [1.82, 2.24) is 4.98 Å². The number of aromatic nitrogens is 2. The molecule has 7 heteroatoms. The molecule has 1 aliphatic rings. The molecule has 0 saturated heterocycles. The molecule has 0 aliphatic carbocycles. The first-order chi connectivity index (χ1) is 12.8. The fourth-order valence-corrected chi connectivity index (χ4v) is 3.09. The number of rotatable bonds is 5. The smallest absolute Gasteiger partial charge is 0.226 e. The molecule has 5 nitrogen and oxygen atoms in total. The van der Waals surface area contributed by atoms with Crippen LogP contribution in [0.1, 0.15) is 12.0 Å². The standard InChI is InChI=1S/C20H18N3O2S.BrH/c26-14-21-7-10-23-8-5-16(6-9-23)19-13-22-20(25-19)17-4-3-15-2-1-11-24-18(15)12-17;/h3-6,8-9,12-13H,1-2,7,10-11H2;1H/q+1;/p-1. The second-order valence-electron chi connectivity index (χ2n) is 6.10. The van der Waals surface area contributed by atoms with Crippen LogP contribution in [0.3, 0.4) is 0 Å². The van der Waals surface area contributed by atoms with E-state index >= 15 is 0 Å². The molecule has 0 bridgehead atoms. The summed E-state index contributed by atoms with van der Waals surface area (Å²) in [4.78, 5) is 8.35. The van der Waals surface area contributed by atoms with Gasteiger partial charge in [-0.05, 0) is 42.8 Å². The Bertz CT molecular complexity index is 966. The number of aliphatic imine (C=N–C) groups is 1. The molecule has 0 saturated carbocycles. The van der Waals surface area contributed by atoms with Crippen LogP contribution >= 0.6 is 12.2 Å². The van der Waals surface area contributed by atoms with E-state index in [0.29, 0.717) is 12.4 Å². The molecule has 0 unspecified atom stereocenters. The maximum Gasteiger partial charge on any atom is 0.226 e. The van der Waals surface area contributed by atoms with Crippen LogP contribution in [0.4, 0.5) is 0 Å². The van der Waals surface area contributed by atoms with Gasteiger partial charge >= 0.3 is 0 Å². The number of oxazole rings is 1. The van der Waals surface area contributed by atoms with Gasteiger partial charge in [0.15, 0.2) is 24.7 Å². The predicted molar refractivity (Wildman–Crippen MR) is 101 cm³/mol. The first-order valence-electron chi connectivity index (χ1n) is 8.58. The van der Waals surface area contributed by atoms with Crippen molar-refractivity contribution >= 4 is 17.4 Å². The van der Waals surface area contributed by atoms with Gasteiger partial charge in [0.25, 0.3) is 0 Å². The van der Waals surface area contributed by atoms with Gasteiger partial charge in [-0.25, -0.2) is 14.5 Å². The minimum absolute atomic E-state index is 0. The van der Waals surface area contributed by atoms with Crippen molar-refractivity contribution in [3.8, 4) is 28.5 Å². The molecular weight excluding hydrogens is 426 g/mol. The fourth-order valence-electron chi connectivity index (χ4n) is 3.00. The Morgan fingerprint density at radius 2 is 2.04 bits per heavy atom. The van der Waals surface area contributed by atoms with E-state index in [0.717, 1.165) is 48.6 Å². The summed E-state index contributed by atoms with van der Waals surface area (Å²) < 4.78 is 13.7. The van der Waals surface area contributed by atoms with E-state index in [2.05, 4.69) is 33.4 Å². The number of halogens is 1. The number of thiocarbonyl (C=S) groups is 1. The molecule has 2 aromatic heterocycles. The van der Waals surface area contributed by atoms with Gasteiger partial charge < -0.3 is 26.1 Å². The Hall–Kier alpha value is -2.34. The Labute approximate surface area is 173 Å². The molecule has 0 atom stereocenters. The van der Waals surface area contributed by atoms with Crippen molar-refractivity contribution in [3.63, 3.8) is 0 Å². The van der Waals surface area contributed by atoms with Gasteiger partial charge in [-0.1, -0.05) is 6.07 Å². The zero-order valence-corrected chi connectivity index (χ0v) is 17.0. The van der Waals surface area contributed by atoms with Crippen molar-refractivity contribution in [1.29, 1.82) is 0 Å². The van der Waals surface area contributed by atoms with Crippen LogP contribution < -0.4 is 26.3 Å². The molecule has 3 heterocycles. The van der Waals surface area contributed by atoms with Crippen molar-refractivity contribution in [2.45, 2.75) is 19.4 Å². The Kier molecular flexibility index (Phi) is 6.50. The molecule has 0 amide bonds. The van der Waals surface area contributed by atoms with Crippen LogP contribution in [-0.4, -0.2) is 23.3 Å². The summed E-state index contributed by atoms with van der Waals surface area (Å²) >= 11 is 4.57.